The van der Waals surface area contributed by atoms with E-state index in [1.807, 2.05) is 0 Å². The normalized spacial score (nSPS) is 13.6. The van der Waals surface area contributed by atoms with Crippen molar-refractivity contribution in [3.05, 3.63) is 44.8 Å². The number of esters is 1. The van der Waals surface area contributed by atoms with Gasteiger partial charge < -0.3 is 15.0 Å². The molecule has 0 saturated carbocycles. The molecule has 9 heteroatoms. The molecule has 0 aliphatic carbocycles. The lowest BCUT2D eigenvalue weighted by Crippen LogP contribution is -2.29. The number of carbonyl (C=O) groups excluding carboxylic acids is 1. The van der Waals surface area contributed by atoms with Crippen molar-refractivity contribution in [1.82, 2.24) is 0 Å². The molecule has 1 aliphatic rings. The number of thiophene rings is 1. The van der Waals surface area contributed by atoms with Crippen LogP contribution < -0.4 is 10.2 Å². The van der Waals surface area contributed by atoms with Gasteiger partial charge in [-0.2, -0.15) is 5.26 Å². The van der Waals surface area contributed by atoms with Crippen LogP contribution in [0.1, 0.15) is 41.4 Å². The van der Waals surface area contributed by atoms with Gasteiger partial charge in [0.1, 0.15) is 21.5 Å². The van der Waals surface area contributed by atoms with Crippen LogP contribution in [0.4, 0.5) is 22.1 Å². The molecule has 2 aromatic rings. The fourth-order valence-corrected chi connectivity index (χ4v) is 4.27. The van der Waals surface area contributed by atoms with E-state index in [0.29, 0.717) is 21.8 Å². The first-order chi connectivity index (χ1) is 13.5. The smallest absolute Gasteiger partial charge is 0.350 e. The molecule has 1 aliphatic heterocycles. The number of hydrogen-bond acceptors (Lipinski definition) is 8. The highest BCUT2D eigenvalue weighted by atomic mass is 32.1. The summed E-state index contributed by atoms with van der Waals surface area (Å²) in [5, 5.41) is 24.5. The van der Waals surface area contributed by atoms with Crippen LogP contribution in [0.5, 0.6) is 0 Å². The number of piperidine rings is 1. The van der Waals surface area contributed by atoms with Gasteiger partial charge in [-0.15, -0.1) is 11.3 Å². The molecule has 0 unspecified atom stereocenters. The summed E-state index contributed by atoms with van der Waals surface area (Å²) in [7, 11) is 0. The van der Waals surface area contributed by atoms with E-state index in [1.165, 1.54) is 23.5 Å². The summed E-state index contributed by atoms with van der Waals surface area (Å²) in [5.74, 6) is -0.489. The van der Waals surface area contributed by atoms with E-state index in [2.05, 4.69) is 16.3 Å². The standard InChI is InChI=1S/C19H20N4O4S/c1-2-27-19(24)17-16(21-13-6-8-14(9-7-13)23(25)26)15(12-20)18(28-17)22-10-4-3-5-11-22/h6-9,21H,2-5,10-11H2,1H3. The fraction of sp³-hybridized carbons (Fsp3) is 0.368. The van der Waals surface area contributed by atoms with Gasteiger partial charge in [0.2, 0.25) is 0 Å². The van der Waals surface area contributed by atoms with Crippen LogP contribution in [-0.4, -0.2) is 30.6 Å². The van der Waals surface area contributed by atoms with Crippen molar-refractivity contribution in [3.8, 4) is 6.07 Å². The van der Waals surface area contributed by atoms with Crippen LogP contribution in [0.25, 0.3) is 0 Å². The lowest BCUT2D eigenvalue weighted by Gasteiger charge is -2.27. The predicted molar refractivity (Wildman–Crippen MR) is 107 cm³/mol. The third-order valence-electron chi connectivity index (χ3n) is 4.45. The minimum atomic E-state index is -0.489. The predicted octanol–water partition coefficient (Wildman–Crippen LogP) is 4.44. The van der Waals surface area contributed by atoms with Gasteiger partial charge in [0.25, 0.3) is 5.69 Å². The van der Waals surface area contributed by atoms with Crippen LogP contribution in [0, 0.1) is 21.4 Å². The zero-order valence-electron chi connectivity index (χ0n) is 15.4. The molecule has 0 radical (unpaired) electrons. The summed E-state index contributed by atoms with van der Waals surface area (Å²) >= 11 is 1.25. The van der Waals surface area contributed by atoms with Crippen molar-refractivity contribution in [1.29, 1.82) is 5.26 Å². The molecule has 3 rings (SSSR count). The molecule has 1 saturated heterocycles. The number of non-ortho nitro benzene ring substituents is 1. The van der Waals surface area contributed by atoms with Crippen LogP contribution in [0.3, 0.4) is 0 Å². The number of carbonyl (C=O) groups is 1. The van der Waals surface area contributed by atoms with Gasteiger partial charge in [-0.3, -0.25) is 10.1 Å². The number of nitrogens with zero attached hydrogens (tertiary/aromatic N) is 3. The van der Waals surface area contributed by atoms with Crippen molar-refractivity contribution < 1.29 is 14.5 Å². The quantitative estimate of drug-likeness (QED) is 0.434. The Morgan fingerprint density at radius 2 is 2.00 bits per heavy atom. The Morgan fingerprint density at radius 1 is 1.32 bits per heavy atom. The van der Waals surface area contributed by atoms with Crippen molar-refractivity contribution in [3.63, 3.8) is 0 Å². The lowest BCUT2D eigenvalue weighted by molar-refractivity contribution is -0.384. The van der Waals surface area contributed by atoms with Gasteiger partial charge >= 0.3 is 5.97 Å². The van der Waals surface area contributed by atoms with E-state index in [0.717, 1.165) is 37.4 Å². The van der Waals surface area contributed by atoms with Gasteiger partial charge in [0, 0.05) is 30.9 Å². The molecule has 146 valence electrons. The van der Waals surface area contributed by atoms with Crippen molar-refractivity contribution in [2.45, 2.75) is 26.2 Å². The molecule has 0 amide bonds. The molecule has 1 aromatic carbocycles. The minimum absolute atomic E-state index is 0.0315. The van der Waals surface area contributed by atoms with Crippen molar-refractivity contribution in [2.24, 2.45) is 0 Å². The second-order valence-corrected chi connectivity index (χ2v) is 7.29. The van der Waals surface area contributed by atoms with Gasteiger partial charge in [-0.1, -0.05) is 0 Å². The number of nitriles is 1. The number of ether oxygens (including phenoxy) is 1. The minimum Gasteiger partial charge on any atom is -0.462 e. The maximum absolute atomic E-state index is 12.5. The molecule has 0 spiro atoms. The number of rotatable bonds is 6. The van der Waals surface area contributed by atoms with E-state index in [-0.39, 0.29) is 12.3 Å². The number of nitro benzene ring substituents is 1. The number of nitro groups is 1. The third-order valence-corrected chi connectivity index (χ3v) is 5.68. The zero-order valence-corrected chi connectivity index (χ0v) is 16.3. The van der Waals surface area contributed by atoms with E-state index in [9.17, 15) is 20.2 Å². The average molecular weight is 400 g/mol. The van der Waals surface area contributed by atoms with Crippen LogP contribution in [0.2, 0.25) is 0 Å². The Balaban J connectivity index is 2.01. The molecular formula is C19H20N4O4S. The summed E-state index contributed by atoms with van der Waals surface area (Å²) in [5.41, 5.74) is 1.31. The molecule has 0 atom stereocenters. The molecule has 1 N–H and O–H groups in total. The maximum atomic E-state index is 12.5. The first kappa shape index (κ1) is 19.6. The highest BCUT2D eigenvalue weighted by molar-refractivity contribution is 7.18. The number of nitrogens with one attached hydrogen (secondary N) is 1. The summed E-state index contributed by atoms with van der Waals surface area (Å²) in [4.78, 5) is 25.3. The van der Waals surface area contributed by atoms with Crippen LogP contribution >= 0.6 is 11.3 Å². The molecule has 8 nitrogen and oxygen atoms in total. The molecular weight excluding hydrogens is 380 g/mol. The average Bonchev–Trinajstić information content (AvgIpc) is 3.07. The Labute approximate surface area is 166 Å². The Kier molecular flexibility index (Phi) is 6.11. The maximum Gasteiger partial charge on any atom is 0.350 e. The first-order valence-corrected chi connectivity index (χ1v) is 9.87. The summed E-state index contributed by atoms with van der Waals surface area (Å²) in [6, 6.07) is 8.06. The van der Waals surface area contributed by atoms with Crippen LogP contribution in [0.15, 0.2) is 24.3 Å². The van der Waals surface area contributed by atoms with Crippen molar-refractivity contribution >= 4 is 39.4 Å². The highest BCUT2D eigenvalue weighted by Gasteiger charge is 2.28. The summed E-state index contributed by atoms with van der Waals surface area (Å²) in [6.07, 6.45) is 3.24. The Hall–Kier alpha value is -3.12. The van der Waals surface area contributed by atoms with Gasteiger partial charge in [-0.25, -0.2) is 4.79 Å². The zero-order chi connectivity index (χ0) is 20.1. The Morgan fingerprint density at radius 3 is 2.57 bits per heavy atom. The topological polar surface area (TPSA) is 108 Å². The van der Waals surface area contributed by atoms with E-state index in [1.54, 1.807) is 19.1 Å². The highest BCUT2D eigenvalue weighted by Crippen LogP contribution is 2.42. The summed E-state index contributed by atoms with van der Waals surface area (Å²) in [6.45, 7) is 3.64. The van der Waals surface area contributed by atoms with Crippen molar-refractivity contribution in [2.75, 3.05) is 29.9 Å². The second-order valence-electron chi connectivity index (χ2n) is 6.30. The van der Waals surface area contributed by atoms with Crippen LogP contribution in [-0.2, 0) is 4.74 Å². The Bertz CT molecular complexity index is 911. The number of hydrogen-bond donors (Lipinski definition) is 1. The van der Waals surface area contributed by atoms with Gasteiger partial charge in [0.15, 0.2) is 0 Å². The van der Waals surface area contributed by atoms with E-state index >= 15 is 0 Å². The van der Waals surface area contributed by atoms with Gasteiger partial charge in [0.05, 0.1) is 17.2 Å². The molecule has 2 heterocycles. The fourth-order valence-electron chi connectivity index (χ4n) is 3.11. The van der Waals surface area contributed by atoms with E-state index < -0.39 is 10.9 Å². The number of benzene rings is 1. The number of anilines is 3. The SMILES string of the molecule is CCOC(=O)c1sc(N2CCCCC2)c(C#N)c1Nc1ccc([N+](=O)[O-])cc1. The third kappa shape index (κ3) is 4.07. The first-order valence-electron chi connectivity index (χ1n) is 9.05. The molecule has 1 aromatic heterocycles. The molecule has 1 fully saturated rings. The monoisotopic (exact) mass is 400 g/mol. The molecule has 0 bridgehead atoms. The summed E-state index contributed by atoms with van der Waals surface area (Å²) < 4.78 is 5.17. The van der Waals surface area contributed by atoms with Gasteiger partial charge in [-0.05, 0) is 38.3 Å². The second kappa shape index (κ2) is 8.71. The van der Waals surface area contributed by atoms with E-state index in [4.69, 9.17) is 4.74 Å². The molecule has 28 heavy (non-hydrogen) atoms. The largest absolute Gasteiger partial charge is 0.462 e. The lowest BCUT2D eigenvalue weighted by atomic mass is 10.1.